The van der Waals surface area contributed by atoms with Crippen LogP contribution < -0.4 is 10.7 Å². The fraction of sp³-hybridized carbons (Fsp3) is 0. The van der Waals surface area contributed by atoms with E-state index in [2.05, 4.69) is 15.8 Å². The second kappa shape index (κ2) is 7.97. The van der Waals surface area contributed by atoms with Gasteiger partial charge in [0.05, 0.1) is 27.0 Å². The van der Waals surface area contributed by atoms with Crippen LogP contribution in [0.15, 0.2) is 47.6 Å². The van der Waals surface area contributed by atoms with Crippen LogP contribution in [0.3, 0.4) is 0 Å². The molecular formula is C15H10Cl3N3O2. The van der Waals surface area contributed by atoms with Gasteiger partial charge >= 0.3 is 11.8 Å². The molecule has 0 saturated carbocycles. The van der Waals surface area contributed by atoms with Crippen molar-refractivity contribution < 1.29 is 9.59 Å². The van der Waals surface area contributed by atoms with E-state index in [4.69, 9.17) is 34.8 Å². The van der Waals surface area contributed by atoms with Crippen molar-refractivity contribution in [1.82, 2.24) is 5.43 Å². The van der Waals surface area contributed by atoms with Crippen LogP contribution in [0.2, 0.25) is 15.1 Å². The molecule has 0 atom stereocenters. The average Bonchev–Trinajstić information content (AvgIpc) is 2.53. The molecular weight excluding hydrogens is 361 g/mol. The molecule has 0 fully saturated rings. The molecule has 0 bridgehead atoms. The lowest BCUT2D eigenvalue weighted by Crippen LogP contribution is -2.32. The third-order valence-corrected chi connectivity index (χ3v) is 3.84. The van der Waals surface area contributed by atoms with Gasteiger partial charge in [-0.3, -0.25) is 9.59 Å². The summed E-state index contributed by atoms with van der Waals surface area (Å²) in [6.07, 6.45) is 1.29. The van der Waals surface area contributed by atoms with Gasteiger partial charge < -0.3 is 5.32 Å². The lowest BCUT2D eigenvalue weighted by Gasteiger charge is -2.05. The maximum absolute atomic E-state index is 11.7. The van der Waals surface area contributed by atoms with Gasteiger partial charge in [-0.2, -0.15) is 5.10 Å². The molecule has 0 aromatic heterocycles. The van der Waals surface area contributed by atoms with Gasteiger partial charge in [-0.15, -0.1) is 0 Å². The topological polar surface area (TPSA) is 70.6 Å². The number of benzene rings is 2. The lowest BCUT2D eigenvalue weighted by atomic mass is 10.2. The van der Waals surface area contributed by atoms with Gasteiger partial charge in [0, 0.05) is 5.56 Å². The molecule has 118 valence electrons. The Morgan fingerprint density at radius 3 is 2.35 bits per heavy atom. The standard InChI is InChI=1S/C15H10Cl3N3O2/c16-10-5-1-2-7-12(10)20-14(22)15(23)21-19-8-9-4-3-6-11(17)13(9)18/h1-8H,(H,20,22)(H,21,23). The summed E-state index contributed by atoms with van der Waals surface area (Å²) in [5.74, 6) is -1.84. The SMILES string of the molecule is O=C(NN=Cc1cccc(Cl)c1Cl)C(=O)Nc1ccccc1Cl. The molecule has 0 aliphatic carbocycles. The number of anilines is 1. The first-order valence-electron chi connectivity index (χ1n) is 6.32. The van der Waals surface area contributed by atoms with Crippen LogP contribution in [-0.4, -0.2) is 18.0 Å². The average molecular weight is 371 g/mol. The van der Waals surface area contributed by atoms with Gasteiger partial charge in [-0.05, 0) is 18.2 Å². The van der Waals surface area contributed by atoms with Crippen molar-refractivity contribution in [3.8, 4) is 0 Å². The van der Waals surface area contributed by atoms with Crippen molar-refractivity contribution in [3.63, 3.8) is 0 Å². The molecule has 0 saturated heterocycles. The Morgan fingerprint density at radius 2 is 1.61 bits per heavy atom. The predicted octanol–water partition coefficient (Wildman–Crippen LogP) is 3.74. The molecule has 0 aliphatic heterocycles. The minimum atomic E-state index is -0.945. The number of halogens is 3. The molecule has 0 spiro atoms. The Kier molecular flexibility index (Phi) is 5.98. The van der Waals surface area contributed by atoms with E-state index in [9.17, 15) is 9.59 Å². The van der Waals surface area contributed by atoms with E-state index in [-0.39, 0.29) is 0 Å². The zero-order valence-electron chi connectivity index (χ0n) is 11.5. The number of hydrogen-bond acceptors (Lipinski definition) is 3. The van der Waals surface area contributed by atoms with E-state index < -0.39 is 11.8 Å². The molecule has 2 amide bonds. The summed E-state index contributed by atoms with van der Waals surface area (Å²) in [6, 6.07) is 11.5. The van der Waals surface area contributed by atoms with E-state index in [1.165, 1.54) is 6.21 Å². The molecule has 0 aliphatic rings. The van der Waals surface area contributed by atoms with Crippen LogP contribution in [-0.2, 0) is 9.59 Å². The van der Waals surface area contributed by atoms with E-state index in [1.807, 2.05) is 0 Å². The van der Waals surface area contributed by atoms with Crippen LogP contribution in [0, 0.1) is 0 Å². The number of hydrogen-bond donors (Lipinski definition) is 2. The third kappa shape index (κ3) is 4.69. The molecule has 2 rings (SSSR count). The second-order valence-corrected chi connectivity index (χ2v) is 5.47. The number of nitrogens with one attached hydrogen (secondary N) is 2. The highest BCUT2D eigenvalue weighted by molar-refractivity contribution is 6.43. The molecule has 2 aromatic carbocycles. The summed E-state index contributed by atoms with van der Waals surface area (Å²) >= 11 is 17.7. The fourth-order valence-electron chi connectivity index (χ4n) is 1.57. The number of para-hydroxylation sites is 1. The summed E-state index contributed by atoms with van der Waals surface area (Å²) in [4.78, 5) is 23.4. The Labute approximate surface area is 147 Å². The number of nitrogens with zero attached hydrogens (tertiary/aromatic N) is 1. The highest BCUT2D eigenvalue weighted by Gasteiger charge is 2.14. The van der Waals surface area contributed by atoms with Gasteiger partial charge in [-0.25, -0.2) is 5.43 Å². The molecule has 0 heterocycles. The van der Waals surface area contributed by atoms with Crippen LogP contribution in [0.5, 0.6) is 0 Å². The van der Waals surface area contributed by atoms with Crippen molar-refractivity contribution in [3.05, 3.63) is 63.1 Å². The highest BCUT2D eigenvalue weighted by atomic mass is 35.5. The first kappa shape index (κ1) is 17.3. The van der Waals surface area contributed by atoms with E-state index in [0.29, 0.717) is 26.3 Å². The predicted molar refractivity (Wildman–Crippen MR) is 92.3 cm³/mol. The van der Waals surface area contributed by atoms with E-state index in [0.717, 1.165) is 0 Å². The summed E-state index contributed by atoms with van der Waals surface area (Å²) in [7, 11) is 0. The van der Waals surface area contributed by atoms with Gasteiger partial charge in [0.1, 0.15) is 0 Å². The number of hydrazone groups is 1. The Morgan fingerprint density at radius 1 is 0.913 bits per heavy atom. The summed E-state index contributed by atoms with van der Waals surface area (Å²) in [5, 5.41) is 7.02. The first-order chi connectivity index (χ1) is 11.0. The van der Waals surface area contributed by atoms with Gasteiger partial charge in [-0.1, -0.05) is 59.1 Å². The largest absolute Gasteiger partial charge is 0.329 e. The number of carbonyl (C=O) groups is 2. The van der Waals surface area contributed by atoms with Crippen LogP contribution >= 0.6 is 34.8 Å². The Hall–Kier alpha value is -2.08. The summed E-state index contributed by atoms with van der Waals surface area (Å²) in [5.41, 5.74) is 2.93. The van der Waals surface area contributed by atoms with Crippen molar-refractivity contribution in [2.45, 2.75) is 0 Å². The monoisotopic (exact) mass is 369 g/mol. The van der Waals surface area contributed by atoms with Crippen molar-refractivity contribution >= 4 is 58.5 Å². The lowest BCUT2D eigenvalue weighted by molar-refractivity contribution is -0.136. The second-order valence-electron chi connectivity index (χ2n) is 4.28. The number of rotatable bonds is 3. The van der Waals surface area contributed by atoms with Gasteiger partial charge in [0.15, 0.2) is 0 Å². The molecule has 0 radical (unpaired) electrons. The van der Waals surface area contributed by atoms with Crippen molar-refractivity contribution in [1.29, 1.82) is 0 Å². The van der Waals surface area contributed by atoms with Crippen LogP contribution in [0.4, 0.5) is 5.69 Å². The molecule has 5 nitrogen and oxygen atoms in total. The zero-order chi connectivity index (χ0) is 16.8. The smallest absolute Gasteiger partial charge is 0.316 e. The van der Waals surface area contributed by atoms with E-state index in [1.54, 1.807) is 42.5 Å². The van der Waals surface area contributed by atoms with Gasteiger partial charge in [0.25, 0.3) is 0 Å². The maximum Gasteiger partial charge on any atom is 0.329 e. The summed E-state index contributed by atoms with van der Waals surface area (Å²) < 4.78 is 0. The highest BCUT2D eigenvalue weighted by Crippen LogP contribution is 2.24. The Balaban J connectivity index is 1.96. The Bertz CT molecular complexity index is 778. The third-order valence-electron chi connectivity index (χ3n) is 2.68. The molecule has 2 aromatic rings. The minimum absolute atomic E-state index is 0.299. The van der Waals surface area contributed by atoms with Gasteiger partial charge in [0.2, 0.25) is 0 Å². The molecule has 2 N–H and O–H groups in total. The number of carbonyl (C=O) groups excluding carboxylic acids is 2. The number of amides is 2. The molecule has 8 heteroatoms. The zero-order valence-corrected chi connectivity index (χ0v) is 13.8. The first-order valence-corrected chi connectivity index (χ1v) is 7.45. The maximum atomic E-state index is 11.7. The summed E-state index contributed by atoms with van der Waals surface area (Å²) in [6.45, 7) is 0. The molecule has 23 heavy (non-hydrogen) atoms. The van der Waals surface area contributed by atoms with Crippen molar-refractivity contribution in [2.24, 2.45) is 5.10 Å². The normalized spacial score (nSPS) is 10.6. The minimum Gasteiger partial charge on any atom is -0.316 e. The molecule has 0 unspecified atom stereocenters. The van der Waals surface area contributed by atoms with E-state index >= 15 is 0 Å². The van der Waals surface area contributed by atoms with Crippen LogP contribution in [0.1, 0.15) is 5.56 Å². The van der Waals surface area contributed by atoms with Crippen LogP contribution in [0.25, 0.3) is 0 Å². The quantitative estimate of drug-likeness (QED) is 0.491. The van der Waals surface area contributed by atoms with Crippen molar-refractivity contribution in [2.75, 3.05) is 5.32 Å². The fourth-order valence-corrected chi connectivity index (χ4v) is 2.11.